The van der Waals surface area contributed by atoms with E-state index in [-0.39, 0.29) is 11.9 Å². The van der Waals surface area contributed by atoms with E-state index in [4.69, 9.17) is 4.42 Å². The number of nitrogens with one attached hydrogen (secondary N) is 1. The number of rotatable bonds is 2. The lowest BCUT2D eigenvalue weighted by molar-refractivity contribution is 0.0874. The molecule has 0 aromatic carbocycles. The predicted octanol–water partition coefficient (Wildman–Crippen LogP) is 2.85. The molecule has 1 amide bonds. The number of carbonyl (C=O) groups excluding carboxylic acids is 1. The Morgan fingerprint density at radius 2 is 1.89 bits per heavy atom. The van der Waals surface area contributed by atoms with E-state index in [2.05, 4.69) is 24.1 Å². The van der Waals surface area contributed by atoms with Crippen LogP contribution in [0.25, 0.3) is 0 Å². The summed E-state index contributed by atoms with van der Waals surface area (Å²) in [4.78, 5) is 16.4. The van der Waals surface area contributed by atoms with Crippen LogP contribution in [0.2, 0.25) is 0 Å². The van der Waals surface area contributed by atoms with Gasteiger partial charge in [0.05, 0.1) is 0 Å². The van der Waals surface area contributed by atoms with Gasteiger partial charge >= 0.3 is 0 Å². The molecular weight excluding hydrogens is 228 g/mol. The van der Waals surface area contributed by atoms with Gasteiger partial charge in [-0.2, -0.15) is 0 Å². The van der Waals surface area contributed by atoms with E-state index in [1.165, 1.54) is 19.3 Å². The molecule has 0 bridgehead atoms. The summed E-state index contributed by atoms with van der Waals surface area (Å²) in [6, 6.07) is 0.252. The zero-order chi connectivity index (χ0) is 13.3. The summed E-state index contributed by atoms with van der Waals surface area (Å²) in [6.07, 6.45) is 3.63. The van der Waals surface area contributed by atoms with Crippen LogP contribution >= 0.6 is 0 Å². The lowest BCUT2D eigenvalue weighted by Gasteiger charge is -2.34. The van der Waals surface area contributed by atoms with E-state index >= 15 is 0 Å². The molecule has 1 aromatic rings. The first-order valence-corrected chi connectivity index (χ1v) is 6.74. The van der Waals surface area contributed by atoms with Crippen LogP contribution in [0, 0.1) is 25.7 Å². The minimum atomic E-state index is -0.102. The lowest BCUT2D eigenvalue weighted by Crippen LogP contribution is -2.46. The summed E-state index contributed by atoms with van der Waals surface area (Å²) in [5.41, 5.74) is 0.428. The van der Waals surface area contributed by atoms with Gasteiger partial charge in [-0.05, 0) is 31.6 Å². The highest BCUT2D eigenvalue weighted by Gasteiger charge is 2.30. The molecule has 1 aliphatic rings. The van der Waals surface area contributed by atoms with Gasteiger partial charge in [0.2, 0.25) is 0 Å². The number of aryl methyl sites for hydroxylation is 2. The Morgan fingerprint density at radius 1 is 1.28 bits per heavy atom. The van der Waals surface area contributed by atoms with Crippen molar-refractivity contribution in [2.24, 2.45) is 11.8 Å². The van der Waals surface area contributed by atoms with Crippen molar-refractivity contribution in [1.82, 2.24) is 10.3 Å². The molecular formula is C14H22N2O2. The van der Waals surface area contributed by atoms with Crippen LogP contribution in [0.3, 0.4) is 0 Å². The number of hydrogen-bond acceptors (Lipinski definition) is 3. The Kier molecular flexibility index (Phi) is 3.73. The molecule has 4 nitrogen and oxygen atoms in total. The maximum Gasteiger partial charge on any atom is 0.273 e. The third-order valence-corrected chi connectivity index (χ3v) is 3.96. The summed E-state index contributed by atoms with van der Waals surface area (Å²) < 4.78 is 5.31. The highest BCUT2D eigenvalue weighted by atomic mass is 16.4. The van der Waals surface area contributed by atoms with E-state index in [9.17, 15) is 4.79 Å². The number of oxazole rings is 1. The van der Waals surface area contributed by atoms with Crippen molar-refractivity contribution in [3.05, 3.63) is 17.3 Å². The summed E-state index contributed by atoms with van der Waals surface area (Å²) in [7, 11) is 0. The fraction of sp³-hybridized carbons (Fsp3) is 0.714. The number of amides is 1. The molecule has 100 valence electrons. The Hall–Kier alpha value is -1.32. The summed E-state index contributed by atoms with van der Waals surface area (Å²) >= 11 is 0. The van der Waals surface area contributed by atoms with Crippen LogP contribution in [-0.4, -0.2) is 16.9 Å². The van der Waals surface area contributed by atoms with Gasteiger partial charge in [-0.1, -0.05) is 20.3 Å². The minimum absolute atomic E-state index is 0.102. The Morgan fingerprint density at radius 3 is 2.39 bits per heavy atom. The topological polar surface area (TPSA) is 55.1 Å². The first kappa shape index (κ1) is 13.1. The zero-order valence-electron chi connectivity index (χ0n) is 11.6. The van der Waals surface area contributed by atoms with Crippen molar-refractivity contribution < 1.29 is 9.21 Å². The maximum atomic E-state index is 12.2. The van der Waals surface area contributed by atoms with E-state index < -0.39 is 0 Å². The number of hydrogen-bond donors (Lipinski definition) is 1. The molecule has 2 atom stereocenters. The summed E-state index contributed by atoms with van der Waals surface area (Å²) in [5.74, 6) is 2.11. The molecule has 1 heterocycles. The fourth-order valence-corrected chi connectivity index (χ4v) is 2.93. The Labute approximate surface area is 108 Å². The quantitative estimate of drug-likeness (QED) is 0.878. The third kappa shape index (κ3) is 2.57. The van der Waals surface area contributed by atoms with Crippen LogP contribution in [0.1, 0.15) is 55.2 Å². The summed E-state index contributed by atoms with van der Waals surface area (Å²) in [5, 5.41) is 3.13. The molecule has 0 aliphatic heterocycles. The lowest BCUT2D eigenvalue weighted by atomic mass is 9.78. The molecule has 1 aromatic heterocycles. The summed E-state index contributed by atoms with van der Waals surface area (Å²) in [6.45, 7) is 7.96. The largest absolute Gasteiger partial charge is 0.445 e. The predicted molar refractivity (Wildman–Crippen MR) is 69.4 cm³/mol. The SMILES string of the molecule is Cc1nc(C(=O)NC2[C@@H](C)CCC[C@@H]2C)c(C)o1. The smallest absolute Gasteiger partial charge is 0.273 e. The van der Waals surface area contributed by atoms with Crippen molar-refractivity contribution in [1.29, 1.82) is 0 Å². The van der Waals surface area contributed by atoms with Crippen LogP contribution in [0.5, 0.6) is 0 Å². The molecule has 1 N–H and O–H groups in total. The second-order valence-electron chi connectivity index (χ2n) is 5.52. The first-order chi connectivity index (χ1) is 8.49. The van der Waals surface area contributed by atoms with Gasteiger partial charge in [0.15, 0.2) is 11.6 Å². The molecule has 0 spiro atoms. The van der Waals surface area contributed by atoms with Crippen LogP contribution in [-0.2, 0) is 0 Å². The van der Waals surface area contributed by atoms with E-state index in [1.807, 2.05) is 0 Å². The van der Waals surface area contributed by atoms with E-state index in [0.717, 1.165) is 0 Å². The maximum absolute atomic E-state index is 12.2. The average Bonchev–Trinajstić information content (AvgIpc) is 2.63. The molecule has 1 aliphatic carbocycles. The van der Waals surface area contributed by atoms with Crippen molar-refractivity contribution in [2.45, 2.75) is 53.0 Å². The fourth-order valence-electron chi connectivity index (χ4n) is 2.93. The van der Waals surface area contributed by atoms with Crippen molar-refractivity contribution in [3.63, 3.8) is 0 Å². The Balaban J connectivity index is 2.08. The molecule has 4 heteroatoms. The number of nitrogens with zero attached hydrogens (tertiary/aromatic N) is 1. The van der Waals surface area contributed by atoms with Gasteiger partial charge in [-0.3, -0.25) is 4.79 Å². The molecule has 2 rings (SSSR count). The normalized spacial score (nSPS) is 25.1. The third-order valence-electron chi connectivity index (χ3n) is 3.96. The molecule has 0 radical (unpaired) electrons. The highest BCUT2D eigenvalue weighted by molar-refractivity contribution is 5.93. The number of carbonyl (C=O) groups is 1. The molecule has 18 heavy (non-hydrogen) atoms. The van der Waals surface area contributed by atoms with Gasteiger partial charge in [-0.25, -0.2) is 4.98 Å². The second-order valence-corrected chi connectivity index (χ2v) is 5.52. The Bertz CT molecular complexity index is 429. The van der Waals surface area contributed by atoms with Gasteiger partial charge in [0.1, 0.15) is 5.76 Å². The highest BCUT2D eigenvalue weighted by Crippen LogP contribution is 2.29. The number of aromatic nitrogens is 1. The van der Waals surface area contributed by atoms with Crippen LogP contribution < -0.4 is 5.32 Å². The van der Waals surface area contributed by atoms with Crippen LogP contribution in [0.4, 0.5) is 0 Å². The van der Waals surface area contributed by atoms with Gasteiger partial charge < -0.3 is 9.73 Å². The van der Waals surface area contributed by atoms with Gasteiger partial charge in [0, 0.05) is 13.0 Å². The van der Waals surface area contributed by atoms with Crippen molar-refractivity contribution in [2.75, 3.05) is 0 Å². The standard InChI is InChI=1S/C14H22N2O2/c1-8-6-5-7-9(2)12(8)16-14(17)13-10(3)18-11(4)15-13/h8-9,12H,5-7H2,1-4H3,(H,16,17)/t8-,9-/m0/s1. The minimum Gasteiger partial charge on any atom is -0.445 e. The second kappa shape index (κ2) is 5.12. The van der Waals surface area contributed by atoms with Crippen molar-refractivity contribution >= 4 is 5.91 Å². The van der Waals surface area contributed by atoms with E-state index in [0.29, 0.717) is 29.2 Å². The molecule has 1 saturated carbocycles. The van der Waals surface area contributed by atoms with Crippen molar-refractivity contribution in [3.8, 4) is 0 Å². The zero-order valence-corrected chi connectivity index (χ0v) is 11.6. The molecule has 0 unspecified atom stereocenters. The van der Waals surface area contributed by atoms with Gasteiger partial charge in [-0.15, -0.1) is 0 Å². The molecule has 1 fully saturated rings. The van der Waals surface area contributed by atoms with Crippen LogP contribution in [0.15, 0.2) is 4.42 Å². The average molecular weight is 250 g/mol. The first-order valence-electron chi connectivity index (χ1n) is 6.74. The molecule has 0 saturated heterocycles. The van der Waals surface area contributed by atoms with E-state index in [1.54, 1.807) is 13.8 Å². The van der Waals surface area contributed by atoms with Gasteiger partial charge in [0.25, 0.3) is 5.91 Å². The monoisotopic (exact) mass is 250 g/mol.